The molecule has 30 heavy (non-hydrogen) atoms. The molecule has 2 heterocycles. The second-order valence-corrected chi connectivity index (χ2v) is 7.56. The third kappa shape index (κ3) is 4.67. The topological polar surface area (TPSA) is 55.3 Å². The first-order valence-corrected chi connectivity index (χ1v) is 10.6. The predicted molar refractivity (Wildman–Crippen MR) is 119 cm³/mol. The van der Waals surface area contributed by atoms with Crippen molar-refractivity contribution >= 4 is 11.8 Å². The number of carbonyl (C=O) groups excluding carboxylic acids is 1. The molecule has 0 amide bonds. The van der Waals surface area contributed by atoms with E-state index in [1.54, 1.807) is 0 Å². The van der Waals surface area contributed by atoms with Crippen molar-refractivity contribution in [2.24, 2.45) is 0 Å². The first-order chi connectivity index (χ1) is 14.7. The lowest BCUT2D eigenvalue weighted by Crippen LogP contribution is -2.32. The summed E-state index contributed by atoms with van der Waals surface area (Å²) < 4.78 is 5.06. The zero-order chi connectivity index (χ0) is 20.8. The van der Waals surface area contributed by atoms with Gasteiger partial charge in [0.05, 0.1) is 23.7 Å². The van der Waals surface area contributed by atoms with Gasteiger partial charge < -0.3 is 9.64 Å². The highest BCUT2D eigenvalue weighted by Crippen LogP contribution is 2.34. The summed E-state index contributed by atoms with van der Waals surface area (Å²) in [5, 5.41) is 0. The van der Waals surface area contributed by atoms with Gasteiger partial charge >= 0.3 is 5.97 Å². The number of fused-ring (bicyclic) bond motifs is 1. The molecule has 0 spiro atoms. The number of unbranched alkanes of at least 4 members (excludes halogenated alkanes) is 1. The molecule has 5 nitrogen and oxygen atoms in total. The minimum atomic E-state index is -0.217. The first-order valence-electron chi connectivity index (χ1n) is 10.6. The van der Waals surface area contributed by atoms with E-state index in [1.165, 1.54) is 6.92 Å². The summed E-state index contributed by atoms with van der Waals surface area (Å²) in [6.07, 6.45) is 3.83. The summed E-state index contributed by atoms with van der Waals surface area (Å²) >= 11 is 0. The fourth-order valence-electron chi connectivity index (χ4n) is 3.86. The minimum Gasteiger partial charge on any atom is -0.466 e. The van der Waals surface area contributed by atoms with Gasteiger partial charge in [-0.25, -0.2) is 9.97 Å². The van der Waals surface area contributed by atoms with Crippen LogP contribution in [0.4, 0.5) is 5.82 Å². The number of hydrogen-bond donors (Lipinski definition) is 0. The van der Waals surface area contributed by atoms with Crippen LogP contribution < -0.4 is 4.90 Å². The maximum absolute atomic E-state index is 10.9. The second kappa shape index (κ2) is 9.53. The van der Waals surface area contributed by atoms with E-state index in [0.29, 0.717) is 6.61 Å². The van der Waals surface area contributed by atoms with Crippen molar-refractivity contribution in [3.63, 3.8) is 0 Å². The monoisotopic (exact) mass is 401 g/mol. The van der Waals surface area contributed by atoms with E-state index in [0.717, 1.165) is 72.8 Å². The summed E-state index contributed by atoms with van der Waals surface area (Å²) in [5.74, 6) is 0.775. The Labute approximate surface area is 177 Å². The van der Waals surface area contributed by atoms with Gasteiger partial charge in [0, 0.05) is 31.1 Å². The summed E-state index contributed by atoms with van der Waals surface area (Å²) in [7, 11) is 0. The molecule has 0 bridgehead atoms. The second-order valence-electron chi connectivity index (χ2n) is 7.56. The van der Waals surface area contributed by atoms with Crippen LogP contribution in [-0.4, -0.2) is 35.6 Å². The normalized spacial score (nSPS) is 13.0. The summed E-state index contributed by atoms with van der Waals surface area (Å²) in [5.41, 5.74) is 5.10. The number of aryl methyl sites for hydroxylation is 1. The number of anilines is 1. The summed E-state index contributed by atoms with van der Waals surface area (Å²) in [4.78, 5) is 23.5. The van der Waals surface area contributed by atoms with Crippen molar-refractivity contribution in [3.8, 4) is 22.5 Å². The Bertz CT molecular complexity index is 990. The molecule has 0 saturated carbocycles. The van der Waals surface area contributed by atoms with Gasteiger partial charge in [-0.3, -0.25) is 4.79 Å². The van der Waals surface area contributed by atoms with Gasteiger partial charge in [0.2, 0.25) is 0 Å². The highest BCUT2D eigenvalue weighted by Gasteiger charge is 2.23. The third-order valence-electron chi connectivity index (χ3n) is 5.31. The van der Waals surface area contributed by atoms with Crippen LogP contribution >= 0.6 is 0 Å². The van der Waals surface area contributed by atoms with Crippen molar-refractivity contribution in [1.82, 2.24) is 9.97 Å². The lowest BCUT2D eigenvalue weighted by molar-refractivity contribution is -0.141. The van der Waals surface area contributed by atoms with Crippen molar-refractivity contribution in [3.05, 3.63) is 66.4 Å². The van der Waals surface area contributed by atoms with Crippen molar-refractivity contribution in [2.75, 3.05) is 24.6 Å². The SMILES string of the molecule is CC(=O)OCCCCN1CCCc2nc(-c3ccccc3)c(-c3ccccc3)nc21. The fraction of sp³-hybridized carbons (Fsp3) is 0.320. The van der Waals surface area contributed by atoms with E-state index >= 15 is 0 Å². The van der Waals surface area contributed by atoms with Gasteiger partial charge in [-0.05, 0) is 25.7 Å². The average molecular weight is 402 g/mol. The van der Waals surface area contributed by atoms with Crippen molar-refractivity contribution < 1.29 is 9.53 Å². The van der Waals surface area contributed by atoms with Crippen LogP contribution in [0.1, 0.15) is 31.9 Å². The molecule has 5 heteroatoms. The van der Waals surface area contributed by atoms with Crippen LogP contribution in [-0.2, 0) is 16.0 Å². The molecule has 1 aliphatic heterocycles. The maximum Gasteiger partial charge on any atom is 0.302 e. The largest absolute Gasteiger partial charge is 0.466 e. The Morgan fingerprint density at radius 2 is 1.57 bits per heavy atom. The molecule has 0 aliphatic carbocycles. The Kier molecular flexibility index (Phi) is 6.38. The standard InChI is InChI=1S/C25H27N3O2/c1-19(29)30-18-9-8-16-28-17-10-15-22-25(28)27-24(21-13-6-3-7-14-21)23(26-22)20-11-4-2-5-12-20/h2-7,11-14H,8-10,15-18H2,1H3. The maximum atomic E-state index is 10.9. The molecular weight excluding hydrogens is 374 g/mol. The molecule has 2 aromatic carbocycles. The molecule has 0 N–H and O–H groups in total. The lowest BCUT2D eigenvalue weighted by atomic mass is 10.0. The average Bonchev–Trinajstić information content (AvgIpc) is 2.79. The molecule has 1 aromatic heterocycles. The lowest BCUT2D eigenvalue weighted by Gasteiger charge is -2.30. The third-order valence-corrected chi connectivity index (χ3v) is 5.31. The smallest absolute Gasteiger partial charge is 0.302 e. The van der Waals surface area contributed by atoms with E-state index in [9.17, 15) is 4.79 Å². The number of benzene rings is 2. The Hall–Kier alpha value is -3.21. The zero-order valence-corrected chi connectivity index (χ0v) is 17.4. The molecule has 154 valence electrons. The number of hydrogen-bond acceptors (Lipinski definition) is 5. The Morgan fingerprint density at radius 1 is 0.933 bits per heavy atom. The highest BCUT2D eigenvalue weighted by molar-refractivity contribution is 5.79. The van der Waals surface area contributed by atoms with E-state index in [4.69, 9.17) is 14.7 Å². The van der Waals surface area contributed by atoms with Crippen LogP contribution in [0, 0.1) is 0 Å². The zero-order valence-electron chi connectivity index (χ0n) is 17.4. The highest BCUT2D eigenvalue weighted by atomic mass is 16.5. The summed E-state index contributed by atoms with van der Waals surface area (Å²) in [6, 6.07) is 20.6. The Morgan fingerprint density at radius 3 is 2.20 bits per heavy atom. The molecule has 3 aromatic rings. The van der Waals surface area contributed by atoms with E-state index in [2.05, 4.69) is 29.2 Å². The number of ether oxygens (including phenoxy) is 1. The van der Waals surface area contributed by atoms with Crippen molar-refractivity contribution in [2.45, 2.75) is 32.6 Å². The first kappa shape index (κ1) is 20.1. The van der Waals surface area contributed by atoms with Gasteiger partial charge in [0.15, 0.2) is 5.82 Å². The van der Waals surface area contributed by atoms with Crippen molar-refractivity contribution in [1.29, 1.82) is 0 Å². The van der Waals surface area contributed by atoms with Gasteiger partial charge in [-0.2, -0.15) is 0 Å². The molecule has 0 unspecified atom stereocenters. The van der Waals surface area contributed by atoms with Crippen LogP contribution in [0.15, 0.2) is 60.7 Å². The van der Waals surface area contributed by atoms with E-state index in [-0.39, 0.29) is 5.97 Å². The van der Waals surface area contributed by atoms with Gasteiger partial charge in [0.1, 0.15) is 0 Å². The molecule has 0 atom stereocenters. The number of nitrogens with zero attached hydrogens (tertiary/aromatic N) is 3. The van der Waals surface area contributed by atoms with Gasteiger partial charge in [-0.15, -0.1) is 0 Å². The van der Waals surface area contributed by atoms with Gasteiger partial charge in [-0.1, -0.05) is 60.7 Å². The molecule has 0 radical (unpaired) electrons. The quantitative estimate of drug-likeness (QED) is 0.416. The number of aromatic nitrogens is 2. The Balaban J connectivity index is 1.65. The van der Waals surface area contributed by atoms with E-state index < -0.39 is 0 Å². The van der Waals surface area contributed by atoms with Crippen LogP contribution in [0.25, 0.3) is 22.5 Å². The van der Waals surface area contributed by atoms with Crippen LogP contribution in [0.2, 0.25) is 0 Å². The van der Waals surface area contributed by atoms with Crippen LogP contribution in [0.3, 0.4) is 0 Å². The summed E-state index contributed by atoms with van der Waals surface area (Å²) in [6.45, 7) is 3.80. The molecule has 0 saturated heterocycles. The molecular formula is C25H27N3O2. The molecule has 0 fully saturated rings. The van der Waals surface area contributed by atoms with Crippen LogP contribution in [0.5, 0.6) is 0 Å². The predicted octanol–water partition coefficient (Wildman–Crippen LogP) is 4.91. The van der Waals surface area contributed by atoms with Gasteiger partial charge in [0.25, 0.3) is 0 Å². The van der Waals surface area contributed by atoms with E-state index in [1.807, 2.05) is 36.4 Å². The molecule has 4 rings (SSSR count). The fourth-order valence-corrected chi connectivity index (χ4v) is 3.86. The minimum absolute atomic E-state index is 0.217. The number of carbonyl (C=O) groups is 1. The number of rotatable bonds is 7. The molecule has 1 aliphatic rings. The number of esters is 1.